The predicted octanol–water partition coefficient (Wildman–Crippen LogP) is 3.45. The minimum atomic E-state index is -0.635. The van der Waals surface area contributed by atoms with Crippen LogP contribution in [0.15, 0.2) is 30.3 Å². The quantitative estimate of drug-likeness (QED) is 0.620. The van der Waals surface area contributed by atoms with E-state index < -0.39 is 5.60 Å². The normalized spacial score (nSPS) is 14.3. The highest BCUT2D eigenvalue weighted by atomic mass is 16.5. The van der Waals surface area contributed by atoms with Crippen molar-refractivity contribution in [2.75, 3.05) is 13.2 Å². The van der Waals surface area contributed by atoms with Gasteiger partial charge in [0.25, 0.3) is 6.47 Å². The molecule has 0 aromatic heterocycles. The van der Waals surface area contributed by atoms with E-state index in [-0.39, 0.29) is 12.0 Å². The highest BCUT2D eigenvalue weighted by molar-refractivity contribution is 5.38. The summed E-state index contributed by atoms with van der Waals surface area (Å²) in [5.74, 6) is 0.754. The van der Waals surface area contributed by atoms with Crippen LogP contribution in [0.3, 0.4) is 0 Å². The van der Waals surface area contributed by atoms with Crippen molar-refractivity contribution in [3.8, 4) is 5.75 Å². The van der Waals surface area contributed by atoms with E-state index >= 15 is 0 Å². The molecular weight excluding hydrogens is 268 g/mol. The second kappa shape index (κ2) is 8.67. The molecule has 0 fully saturated rings. The van der Waals surface area contributed by atoms with Gasteiger partial charge < -0.3 is 14.2 Å². The highest BCUT2D eigenvalue weighted by Crippen LogP contribution is 2.23. The van der Waals surface area contributed by atoms with Gasteiger partial charge in [-0.15, -0.1) is 0 Å². The number of carbonyl (C=O) groups excluding carboxylic acids is 1. The van der Waals surface area contributed by atoms with E-state index in [2.05, 4.69) is 6.92 Å². The van der Waals surface area contributed by atoms with Crippen LogP contribution in [0.25, 0.3) is 0 Å². The molecule has 1 rings (SSSR count). The van der Waals surface area contributed by atoms with Crippen molar-refractivity contribution in [1.82, 2.24) is 0 Å². The van der Waals surface area contributed by atoms with E-state index in [1.165, 1.54) is 0 Å². The van der Waals surface area contributed by atoms with Gasteiger partial charge in [0, 0.05) is 0 Å². The zero-order valence-electron chi connectivity index (χ0n) is 13.4. The van der Waals surface area contributed by atoms with Crippen LogP contribution in [0.1, 0.15) is 34.1 Å². The molecule has 0 amide bonds. The fourth-order valence-corrected chi connectivity index (χ4v) is 1.78. The largest absolute Gasteiger partial charge is 0.493 e. The Morgan fingerprint density at radius 1 is 1.19 bits per heavy atom. The van der Waals surface area contributed by atoms with Crippen molar-refractivity contribution >= 4 is 6.47 Å². The molecule has 1 aromatic rings. The van der Waals surface area contributed by atoms with Crippen LogP contribution in [0.2, 0.25) is 0 Å². The summed E-state index contributed by atoms with van der Waals surface area (Å²) in [6.07, 6.45) is 1.12. The van der Waals surface area contributed by atoms with Gasteiger partial charge in [-0.05, 0) is 39.3 Å². The molecule has 0 aliphatic heterocycles. The molecule has 0 aliphatic carbocycles. The molecule has 0 saturated heterocycles. The molecule has 2 unspecified atom stereocenters. The molecule has 2 atom stereocenters. The van der Waals surface area contributed by atoms with Crippen molar-refractivity contribution in [3.05, 3.63) is 30.3 Å². The van der Waals surface area contributed by atoms with Gasteiger partial charge in [0.15, 0.2) is 0 Å². The molecule has 0 heterocycles. The molecule has 4 nitrogen and oxygen atoms in total. The van der Waals surface area contributed by atoms with Crippen molar-refractivity contribution in [2.24, 2.45) is 5.92 Å². The van der Waals surface area contributed by atoms with Crippen molar-refractivity contribution in [2.45, 2.75) is 45.8 Å². The lowest BCUT2D eigenvalue weighted by atomic mass is 9.92. The minimum absolute atomic E-state index is 0.0445. The number of ether oxygens (including phenoxy) is 3. The third-order valence-electron chi connectivity index (χ3n) is 3.69. The van der Waals surface area contributed by atoms with Crippen molar-refractivity contribution in [1.29, 1.82) is 0 Å². The lowest BCUT2D eigenvalue weighted by Gasteiger charge is -2.33. The first kappa shape index (κ1) is 17.5. The predicted molar refractivity (Wildman–Crippen MR) is 82.4 cm³/mol. The fourth-order valence-electron chi connectivity index (χ4n) is 1.78. The van der Waals surface area contributed by atoms with Crippen LogP contribution in [0.5, 0.6) is 5.75 Å². The van der Waals surface area contributed by atoms with E-state index in [1.807, 2.05) is 51.1 Å². The number of hydrogen-bond acceptors (Lipinski definition) is 4. The summed E-state index contributed by atoms with van der Waals surface area (Å²) in [6.45, 7) is 9.26. The molecule has 21 heavy (non-hydrogen) atoms. The summed E-state index contributed by atoms with van der Waals surface area (Å²) < 4.78 is 16.8. The maximum atomic E-state index is 10.7. The molecule has 0 N–H and O–H groups in total. The SMILES string of the molecule is CCC(C)OCC(COc1ccccc1)C(C)(C)OC=O. The van der Waals surface area contributed by atoms with Crippen molar-refractivity contribution < 1.29 is 19.0 Å². The Bertz CT molecular complexity index is 403. The first-order valence-corrected chi connectivity index (χ1v) is 7.40. The molecule has 1 aromatic carbocycles. The highest BCUT2D eigenvalue weighted by Gasteiger charge is 2.32. The minimum Gasteiger partial charge on any atom is -0.493 e. The first-order valence-electron chi connectivity index (χ1n) is 7.40. The third-order valence-corrected chi connectivity index (χ3v) is 3.69. The number of rotatable bonds is 10. The van der Waals surface area contributed by atoms with Crippen LogP contribution < -0.4 is 4.74 Å². The number of carbonyl (C=O) groups is 1. The van der Waals surface area contributed by atoms with Gasteiger partial charge in [0.05, 0.1) is 25.2 Å². The van der Waals surface area contributed by atoms with E-state index in [9.17, 15) is 4.79 Å². The molecule has 0 bridgehead atoms. The average molecular weight is 294 g/mol. The van der Waals surface area contributed by atoms with Gasteiger partial charge in [0.1, 0.15) is 11.4 Å². The second-order valence-corrected chi connectivity index (χ2v) is 5.69. The van der Waals surface area contributed by atoms with Crippen LogP contribution in [-0.2, 0) is 14.3 Å². The average Bonchev–Trinajstić information content (AvgIpc) is 2.47. The number of para-hydroxylation sites is 1. The fraction of sp³-hybridized carbons (Fsp3) is 0.588. The maximum absolute atomic E-state index is 10.7. The standard InChI is InChI=1S/C17H26O4/c1-5-14(2)19-11-15(17(3,4)21-13-18)12-20-16-9-7-6-8-10-16/h6-10,13-15H,5,11-12H2,1-4H3. The van der Waals surface area contributed by atoms with Crippen LogP contribution in [-0.4, -0.2) is 31.4 Å². The molecule has 0 saturated carbocycles. The van der Waals surface area contributed by atoms with Crippen LogP contribution >= 0.6 is 0 Å². The van der Waals surface area contributed by atoms with Gasteiger partial charge in [-0.25, -0.2) is 0 Å². The summed E-state index contributed by atoms with van der Waals surface area (Å²) in [5.41, 5.74) is -0.635. The summed E-state index contributed by atoms with van der Waals surface area (Å²) in [6, 6.07) is 9.59. The Labute approximate surface area is 127 Å². The molecule has 0 radical (unpaired) electrons. The Kier molecular flexibility index (Phi) is 7.23. The van der Waals surface area contributed by atoms with E-state index in [0.717, 1.165) is 12.2 Å². The Morgan fingerprint density at radius 3 is 2.43 bits per heavy atom. The maximum Gasteiger partial charge on any atom is 0.293 e. The lowest BCUT2D eigenvalue weighted by molar-refractivity contribution is -0.150. The lowest BCUT2D eigenvalue weighted by Crippen LogP contribution is -2.41. The van der Waals surface area contributed by atoms with Crippen LogP contribution in [0, 0.1) is 5.92 Å². The summed E-state index contributed by atoms with van der Waals surface area (Å²) in [7, 11) is 0. The molecule has 118 valence electrons. The third kappa shape index (κ3) is 6.17. The molecule has 0 aliphatic rings. The van der Waals surface area contributed by atoms with Gasteiger partial charge in [0.2, 0.25) is 0 Å². The Balaban J connectivity index is 2.64. The van der Waals surface area contributed by atoms with Gasteiger partial charge >= 0.3 is 0 Å². The summed E-state index contributed by atoms with van der Waals surface area (Å²) >= 11 is 0. The zero-order chi connectivity index (χ0) is 15.7. The molecular formula is C17H26O4. The second-order valence-electron chi connectivity index (χ2n) is 5.69. The molecule has 4 heteroatoms. The van der Waals surface area contributed by atoms with E-state index in [1.54, 1.807) is 0 Å². The molecule has 0 spiro atoms. The number of hydrogen-bond donors (Lipinski definition) is 0. The van der Waals surface area contributed by atoms with E-state index in [4.69, 9.17) is 14.2 Å². The zero-order valence-corrected chi connectivity index (χ0v) is 13.4. The Hall–Kier alpha value is -1.55. The number of benzene rings is 1. The van der Waals surface area contributed by atoms with Gasteiger partial charge in [-0.3, -0.25) is 4.79 Å². The smallest absolute Gasteiger partial charge is 0.293 e. The van der Waals surface area contributed by atoms with Gasteiger partial charge in [-0.1, -0.05) is 25.1 Å². The first-order chi connectivity index (χ1) is 9.99. The van der Waals surface area contributed by atoms with E-state index in [0.29, 0.717) is 19.7 Å². The Morgan fingerprint density at radius 2 is 1.86 bits per heavy atom. The topological polar surface area (TPSA) is 44.8 Å². The van der Waals surface area contributed by atoms with Gasteiger partial charge in [-0.2, -0.15) is 0 Å². The van der Waals surface area contributed by atoms with Crippen molar-refractivity contribution in [3.63, 3.8) is 0 Å². The summed E-state index contributed by atoms with van der Waals surface area (Å²) in [4.78, 5) is 10.7. The summed E-state index contributed by atoms with van der Waals surface area (Å²) in [5, 5.41) is 0. The monoisotopic (exact) mass is 294 g/mol. The van der Waals surface area contributed by atoms with Crippen LogP contribution in [0.4, 0.5) is 0 Å².